The number of nitrogens with zero attached hydrogens (tertiary/aromatic N) is 1. The van der Waals surface area contributed by atoms with E-state index in [1.54, 1.807) is 54.6 Å². The van der Waals surface area contributed by atoms with Gasteiger partial charge in [-0.2, -0.15) is 0 Å². The molecule has 1 saturated heterocycles. The van der Waals surface area contributed by atoms with E-state index in [4.69, 9.17) is 16.3 Å². The summed E-state index contributed by atoms with van der Waals surface area (Å²) in [6.45, 7) is 1.92. The molecule has 1 aliphatic heterocycles. The van der Waals surface area contributed by atoms with Crippen molar-refractivity contribution >= 4 is 52.2 Å². The van der Waals surface area contributed by atoms with E-state index in [1.807, 2.05) is 31.2 Å². The molecule has 0 aromatic heterocycles. The van der Waals surface area contributed by atoms with Gasteiger partial charge in [-0.3, -0.25) is 19.3 Å². The minimum Gasteiger partial charge on any atom is -0.483 e. The zero-order chi connectivity index (χ0) is 24.1. The number of amides is 3. The Labute approximate surface area is 206 Å². The third kappa shape index (κ3) is 5.50. The highest BCUT2D eigenvalue weighted by Crippen LogP contribution is 2.35. The number of anilines is 1. The number of benzene rings is 3. The highest BCUT2D eigenvalue weighted by atomic mass is 35.5. The monoisotopic (exact) mass is 492 g/mol. The van der Waals surface area contributed by atoms with E-state index in [9.17, 15) is 14.4 Å². The van der Waals surface area contributed by atoms with Gasteiger partial charge in [-0.15, -0.1) is 0 Å². The summed E-state index contributed by atoms with van der Waals surface area (Å²) in [6.07, 6.45) is 1.62. The van der Waals surface area contributed by atoms with Gasteiger partial charge in [0.15, 0.2) is 6.61 Å². The molecule has 0 spiro atoms. The first-order valence-corrected chi connectivity index (χ1v) is 11.7. The number of carbonyl (C=O) groups is 3. The maximum absolute atomic E-state index is 12.9. The predicted molar refractivity (Wildman–Crippen MR) is 135 cm³/mol. The summed E-state index contributed by atoms with van der Waals surface area (Å²) in [5.74, 6) is -0.312. The Morgan fingerprint density at radius 3 is 2.53 bits per heavy atom. The highest BCUT2D eigenvalue weighted by Gasteiger charge is 2.35. The van der Waals surface area contributed by atoms with Gasteiger partial charge >= 0.3 is 0 Å². The van der Waals surface area contributed by atoms with Gasteiger partial charge in [0.1, 0.15) is 5.75 Å². The molecule has 0 aliphatic carbocycles. The maximum Gasteiger partial charge on any atom is 0.293 e. The fourth-order valence-corrected chi connectivity index (χ4v) is 4.37. The van der Waals surface area contributed by atoms with Crippen LogP contribution in [-0.4, -0.2) is 28.6 Å². The van der Waals surface area contributed by atoms with E-state index >= 15 is 0 Å². The molecule has 0 bridgehead atoms. The van der Waals surface area contributed by atoms with Gasteiger partial charge in [-0.25, -0.2) is 0 Å². The summed E-state index contributed by atoms with van der Waals surface area (Å²) in [6, 6.07) is 21.6. The second-order valence-electron chi connectivity index (χ2n) is 7.55. The van der Waals surface area contributed by atoms with E-state index in [0.29, 0.717) is 26.9 Å². The number of aryl methyl sites for hydroxylation is 1. The second kappa shape index (κ2) is 10.6. The molecular weight excluding hydrogens is 472 g/mol. The molecule has 34 heavy (non-hydrogen) atoms. The number of para-hydroxylation sites is 2. The lowest BCUT2D eigenvalue weighted by molar-refractivity contribution is -0.123. The molecule has 3 aromatic carbocycles. The molecule has 172 valence electrons. The lowest BCUT2D eigenvalue weighted by Gasteiger charge is -2.14. The first-order valence-electron chi connectivity index (χ1n) is 10.5. The van der Waals surface area contributed by atoms with Crippen LogP contribution in [-0.2, 0) is 16.1 Å². The number of thioether (sulfide) groups is 1. The Balaban J connectivity index is 1.46. The van der Waals surface area contributed by atoms with Gasteiger partial charge in [0, 0.05) is 5.56 Å². The van der Waals surface area contributed by atoms with Crippen LogP contribution >= 0.6 is 23.4 Å². The number of halogens is 1. The molecule has 6 nitrogen and oxygen atoms in total. The van der Waals surface area contributed by atoms with Crippen molar-refractivity contribution in [2.45, 2.75) is 13.5 Å². The van der Waals surface area contributed by atoms with Crippen molar-refractivity contribution in [3.05, 3.63) is 99.4 Å². The molecular formula is C26H21ClN2O4S. The summed E-state index contributed by atoms with van der Waals surface area (Å²) in [5, 5.41) is 2.80. The van der Waals surface area contributed by atoms with Crippen molar-refractivity contribution in [2.24, 2.45) is 0 Å². The smallest absolute Gasteiger partial charge is 0.293 e. The standard InChI is InChI=1S/C26H21ClN2O4S/c1-17-8-2-3-10-19(17)15-29-25(31)23(34-26(29)32)14-18-9-4-7-13-22(18)33-16-24(30)28-21-12-6-5-11-20(21)27/h2-14H,15-16H2,1H3,(H,28,30)/b23-14-. The molecule has 0 atom stereocenters. The van der Waals surface area contributed by atoms with Gasteiger partial charge < -0.3 is 10.1 Å². The number of carbonyl (C=O) groups excluding carboxylic acids is 3. The van der Waals surface area contributed by atoms with Crippen molar-refractivity contribution in [3.8, 4) is 5.75 Å². The molecule has 0 saturated carbocycles. The molecule has 8 heteroatoms. The lowest BCUT2D eigenvalue weighted by Crippen LogP contribution is -2.27. The van der Waals surface area contributed by atoms with Gasteiger partial charge in [-0.1, -0.05) is 66.2 Å². The average Bonchev–Trinajstić information content (AvgIpc) is 3.08. The van der Waals surface area contributed by atoms with Gasteiger partial charge in [0.2, 0.25) is 0 Å². The second-order valence-corrected chi connectivity index (χ2v) is 8.95. The molecule has 0 unspecified atom stereocenters. The molecule has 1 fully saturated rings. The van der Waals surface area contributed by atoms with Crippen molar-refractivity contribution in [1.29, 1.82) is 0 Å². The van der Waals surface area contributed by atoms with Crippen LogP contribution in [0.15, 0.2) is 77.7 Å². The predicted octanol–water partition coefficient (Wildman–Crippen LogP) is 5.90. The van der Waals surface area contributed by atoms with Crippen molar-refractivity contribution in [1.82, 2.24) is 4.90 Å². The summed E-state index contributed by atoms with van der Waals surface area (Å²) in [7, 11) is 0. The molecule has 4 rings (SSSR count). The Morgan fingerprint density at radius 2 is 1.74 bits per heavy atom. The van der Waals surface area contributed by atoms with Crippen LogP contribution < -0.4 is 10.1 Å². The first-order chi connectivity index (χ1) is 16.4. The molecule has 0 radical (unpaired) electrons. The highest BCUT2D eigenvalue weighted by molar-refractivity contribution is 8.18. The van der Waals surface area contributed by atoms with Crippen LogP contribution in [0.5, 0.6) is 5.75 Å². The number of hydrogen-bond acceptors (Lipinski definition) is 5. The van der Waals surface area contributed by atoms with Crippen molar-refractivity contribution in [2.75, 3.05) is 11.9 Å². The topological polar surface area (TPSA) is 75.7 Å². The number of imide groups is 1. The number of hydrogen-bond donors (Lipinski definition) is 1. The zero-order valence-electron chi connectivity index (χ0n) is 18.3. The Hall–Kier alpha value is -3.55. The molecule has 1 N–H and O–H groups in total. The van der Waals surface area contributed by atoms with Crippen LogP contribution in [0.1, 0.15) is 16.7 Å². The van der Waals surface area contributed by atoms with Crippen LogP contribution in [0, 0.1) is 6.92 Å². The largest absolute Gasteiger partial charge is 0.483 e. The minimum atomic E-state index is -0.374. The van der Waals surface area contributed by atoms with Gasteiger partial charge in [0.05, 0.1) is 22.2 Å². The summed E-state index contributed by atoms with van der Waals surface area (Å²) >= 11 is 6.96. The Kier molecular flexibility index (Phi) is 7.35. The van der Waals surface area contributed by atoms with E-state index < -0.39 is 0 Å². The summed E-state index contributed by atoms with van der Waals surface area (Å²) in [4.78, 5) is 39.3. The van der Waals surface area contributed by atoms with Crippen molar-refractivity contribution in [3.63, 3.8) is 0 Å². The maximum atomic E-state index is 12.9. The third-order valence-corrected chi connectivity index (χ3v) is 6.41. The SMILES string of the molecule is Cc1ccccc1CN1C(=O)S/C(=C\c2ccccc2OCC(=O)Nc2ccccc2Cl)C1=O. The molecule has 1 aliphatic rings. The summed E-state index contributed by atoms with van der Waals surface area (Å²) < 4.78 is 5.70. The Bertz CT molecular complexity index is 1290. The Morgan fingerprint density at radius 1 is 1.03 bits per heavy atom. The van der Waals surface area contributed by atoms with E-state index in [-0.39, 0.29) is 30.2 Å². The van der Waals surface area contributed by atoms with Crippen LogP contribution in [0.4, 0.5) is 10.5 Å². The number of rotatable bonds is 7. The molecule has 3 aromatic rings. The normalized spacial score (nSPS) is 14.5. The van der Waals surface area contributed by atoms with Crippen molar-refractivity contribution < 1.29 is 19.1 Å². The third-order valence-electron chi connectivity index (χ3n) is 5.18. The van der Waals surface area contributed by atoms with Crippen LogP contribution in [0.25, 0.3) is 6.08 Å². The number of nitrogens with one attached hydrogen (secondary N) is 1. The minimum absolute atomic E-state index is 0.217. The van der Waals surface area contributed by atoms with Crippen LogP contribution in [0.3, 0.4) is 0 Å². The first kappa shape index (κ1) is 23.6. The van der Waals surface area contributed by atoms with Gasteiger partial charge in [-0.05, 0) is 54.1 Å². The van der Waals surface area contributed by atoms with E-state index in [2.05, 4.69) is 5.32 Å². The lowest BCUT2D eigenvalue weighted by atomic mass is 10.1. The molecule has 3 amide bonds. The van der Waals surface area contributed by atoms with E-state index in [1.165, 1.54) is 4.90 Å². The fourth-order valence-electron chi connectivity index (χ4n) is 3.36. The number of ether oxygens (including phenoxy) is 1. The van der Waals surface area contributed by atoms with E-state index in [0.717, 1.165) is 22.9 Å². The zero-order valence-corrected chi connectivity index (χ0v) is 19.9. The van der Waals surface area contributed by atoms with Crippen LogP contribution in [0.2, 0.25) is 5.02 Å². The molecule has 1 heterocycles. The fraction of sp³-hybridized carbons (Fsp3) is 0.115. The quantitative estimate of drug-likeness (QED) is 0.415. The summed E-state index contributed by atoms with van der Waals surface area (Å²) in [5.41, 5.74) is 3.02. The average molecular weight is 493 g/mol. The van der Waals surface area contributed by atoms with Gasteiger partial charge in [0.25, 0.3) is 17.1 Å².